The molecule has 7 nitrogen and oxygen atoms in total. The Balaban J connectivity index is 1.23. The van der Waals surface area contributed by atoms with Crippen LogP contribution in [0, 0.1) is 23.6 Å². The van der Waals surface area contributed by atoms with Crippen molar-refractivity contribution in [2.75, 3.05) is 10.2 Å². The fourth-order valence-corrected chi connectivity index (χ4v) is 7.49. The number of rotatable bonds is 10. The summed E-state index contributed by atoms with van der Waals surface area (Å²) in [4.78, 5) is 29.3. The number of nitrogens with zero attached hydrogens (tertiary/aromatic N) is 1. The summed E-state index contributed by atoms with van der Waals surface area (Å²) in [7, 11) is -1.04. The zero-order valence-electron chi connectivity index (χ0n) is 26.3. The number of amides is 2. The number of hydrogen-bond acceptors (Lipinski definition) is 6. The van der Waals surface area contributed by atoms with Gasteiger partial charge in [0, 0.05) is 11.4 Å². The predicted octanol–water partition coefficient (Wildman–Crippen LogP) is 7.65. The first-order valence-corrected chi connectivity index (χ1v) is 16.3. The second-order valence-corrected chi connectivity index (χ2v) is 12.5. The molecule has 0 saturated carbocycles. The Hall–Kier alpha value is -4.21. The molecular formula is C37H40BFN2O5. The van der Waals surface area contributed by atoms with Crippen molar-refractivity contribution in [2.24, 2.45) is 17.8 Å². The van der Waals surface area contributed by atoms with Crippen LogP contribution in [0.5, 0.6) is 5.75 Å². The molecule has 238 valence electrons. The van der Waals surface area contributed by atoms with Gasteiger partial charge >= 0.3 is 7.12 Å². The van der Waals surface area contributed by atoms with Crippen molar-refractivity contribution in [3.8, 4) is 5.75 Å². The molecule has 0 spiro atoms. The lowest BCUT2D eigenvalue weighted by Gasteiger charge is -2.43. The van der Waals surface area contributed by atoms with Crippen molar-refractivity contribution in [3.05, 3.63) is 101 Å². The number of benzene rings is 3. The van der Waals surface area contributed by atoms with Crippen molar-refractivity contribution in [2.45, 2.75) is 64.8 Å². The molecule has 4 atom stereocenters. The van der Waals surface area contributed by atoms with Crippen molar-refractivity contribution >= 4 is 42.1 Å². The SMILES string of the molecule is CCC/C(=C\c1ccc(O)c(F)c1)CC[C@H]1OB(O)C[C@H]2C1=C(CC)C[C@H]1C(=O)N(c3ccc(Nc4ccccc4)cc3)C(=O)[C@H]12. The van der Waals surface area contributed by atoms with E-state index in [1.807, 2.05) is 48.5 Å². The van der Waals surface area contributed by atoms with Gasteiger partial charge in [0.2, 0.25) is 11.8 Å². The number of allylic oxidation sites excluding steroid dienone is 2. The molecule has 46 heavy (non-hydrogen) atoms. The number of nitrogens with one attached hydrogen (secondary N) is 1. The van der Waals surface area contributed by atoms with Gasteiger partial charge in [-0.25, -0.2) is 4.39 Å². The Morgan fingerprint density at radius 2 is 1.74 bits per heavy atom. The third-order valence-corrected chi connectivity index (χ3v) is 9.56. The average Bonchev–Trinajstić information content (AvgIpc) is 3.30. The van der Waals surface area contributed by atoms with Crippen LogP contribution in [0.1, 0.15) is 57.9 Å². The molecule has 3 N–H and O–H groups in total. The van der Waals surface area contributed by atoms with E-state index in [9.17, 15) is 24.1 Å². The van der Waals surface area contributed by atoms with Crippen LogP contribution in [-0.4, -0.2) is 35.2 Å². The number of para-hydroxylation sites is 1. The Morgan fingerprint density at radius 1 is 1.00 bits per heavy atom. The van der Waals surface area contributed by atoms with Gasteiger partial charge in [0.25, 0.3) is 0 Å². The third-order valence-electron chi connectivity index (χ3n) is 9.56. The van der Waals surface area contributed by atoms with Gasteiger partial charge in [-0.1, -0.05) is 61.8 Å². The summed E-state index contributed by atoms with van der Waals surface area (Å²) in [5.74, 6) is -2.75. The summed E-state index contributed by atoms with van der Waals surface area (Å²) < 4.78 is 20.2. The molecule has 3 aromatic carbocycles. The van der Waals surface area contributed by atoms with Crippen molar-refractivity contribution in [3.63, 3.8) is 0 Å². The van der Waals surface area contributed by atoms with Crippen LogP contribution in [0.25, 0.3) is 6.08 Å². The molecule has 2 aliphatic heterocycles. The number of phenols is 1. The molecule has 2 heterocycles. The van der Waals surface area contributed by atoms with Crippen LogP contribution >= 0.6 is 0 Å². The van der Waals surface area contributed by atoms with Crippen LogP contribution in [0.15, 0.2) is 89.5 Å². The lowest BCUT2D eigenvalue weighted by Crippen LogP contribution is -2.46. The molecular weight excluding hydrogens is 582 g/mol. The quantitative estimate of drug-likeness (QED) is 0.122. The van der Waals surface area contributed by atoms with Gasteiger partial charge in [-0.05, 0) is 104 Å². The fraction of sp³-hybridized carbons (Fsp3) is 0.351. The molecule has 2 saturated heterocycles. The number of hydrogen-bond donors (Lipinski definition) is 3. The van der Waals surface area contributed by atoms with E-state index in [2.05, 4.69) is 19.2 Å². The zero-order chi connectivity index (χ0) is 32.4. The van der Waals surface area contributed by atoms with E-state index >= 15 is 0 Å². The summed E-state index contributed by atoms with van der Waals surface area (Å²) in [5.41, 5.74) is 6.33. The summed E-state index contributed by atoms with van der Waals surface area (Å²) in [6.45, 7) is 4.16. The van der Waals surface area contributed by atoms with Crippen LogP contribution in [-0.2, 0) is 14.2 Å². The van der Waals surface area contributed by atoms with Crippen LogP contribution in [0.3, 0.4) is 0 Å². The number of phenolic OH excluding ortho intramolecular Hbond substituents is 1. The van der Waals surface area contributed by atoms with Gasteiger partial charge in [-0.2, -0.15) is 0 Å². The van der Waals surface area contributed by atoms with E-state index in [0.717, 1.165) is 47.4 Å². The summed E-state index contributed by atoms with van der Waals surface area (Å²) in [6, 6.07) is 21.5. The summed E-state index contributed by atoms with van der Waals surface area (Å²) in [5, 5.41) is 23.8. The molecule has 2 fully saturated rings. The predicted molar refractivity (Wildman–Crippen MR) is 179 cm³/mol. The second kappa shape index (κ2) is 13.7. The summed E-state index contributed by atoms with van der Waals surface area (Å²) >= 11 is 0. The number of carbonyl (C=O) groups is 2. The molecule has 0 bridgehead atoms. The molecule has 3 aromatic rings. The first-order chi connectivity index (χ1) is 22.3. The molecule has 2 amide bonds. The highest BCUT2D eigenvalue weighted by Crippen LogP contribution is 2.52. The Morgan fingerprint density at radius 3 is 2.43 bits per heavy atom. The van der Waals surface area contributed by atoms with Gasteiger partial charge in [0.05, 0.1) is 23.6 Å². The minimum absolute atomic E-state index is 0.185. The molecule has 9 heteroatoms. The number of anilines is 3. The van der Waals surface area contributed by atoms with Crippen LogP contribution < -0.4 is 10.2 Å². The highest BCUT2D eigenvalue weighted by molar-refractivity contribution is 6.43. The molecule has 6 rings (SSSR count). The largest absolute Gasteiger partial charge is 0.505 e. The Kier molecular flexibility index (Phi) is 9.43. The highest BCUT2D eigenvalue weighted by atomic mass is 19.1. The van der Waals surface area contributed by atoms with Crippen LogP contribution in [0.2, 0.25) is 6.32 Å². The maximum Gasteiger partial charge on any atom is 0.455 e. The van der Waals surface area contributed by atoms with Crippen LogP contribution in [0.4, 0.5) is 21.5 Å². The van der Waals surface area contributed by atoms with Crippen molar-refractivity contribution in [1.29, 1.82) is 0 Å². The fourth-order valence-electron chi connectivity index (χ4n) is 7.49. The number of halogens is 1. The number of fused-ring (bicyclic) bond motifs is 3. The van der Waals surface area contributed by atoms with Crippen molar-refractivity contribution in [1.82, 2.24) is 0 Å². The average molecular weight is 623 g/mol. The minimum Gasteiger partial charge on any atom is -0.505 e. The normalized spacial score (nSPS) is 23.1. The lowest BCUT2D eigenvalue weighted by atomic mass is 9.58. The zero-order valence-corrected chi connectivity index (χ0v) is 26.3. The maximum atomic E-state index is 14.1. The first kappa shape index (κ1) is 31.8. The van der Waals surface area contributed by atoms with E-state index in [-0.39, 0.29) is 35.9 Å². The Labute approximate surface area is 269 Å². The molecule has 0 aromatic heterocycles. The topological polar surface area (TPSA) is 99.1 Å². The van der Waals surface area contributed by atoms with E-state index in [4.69, 9.17) is 4.65 Å². The van der Waals surface area contributed by atoms with E-state index in [0.29, 0.717) is 30.5 Å². The monoisotopic (exact) mass is 622 g/mol. The van der Waals surface area contributed by atoms with Gasteiger partial charge < -0.3 is 20.1 Å². The van der Waals surface area contributed by atoms with Gasteiger partial charge in [0.15, 0.2) is 11.6 Å². The number of aromatic hydroxyl groups is 1. The van der Waals surface area contributed by atoms with Gasteiger partial charge in [-0.3, -0.25) is 14.5 Å². The Bertz CT molecular complexity index is 1660. The van der Waals surface area contributed by atoms with E-state index in [1.165, 1.54) is 17.0 Å². The smallest absolute Gasteiger partial charge is 0.455 e. The van der Waals surface area contributed by atoms with Gasteiger partial charge in [0.1, 0.15) is 0 Å². The van der Waals surface area contributed by atoms with E-state index < -0.39 is 24.8 Å². The summed E-state index contributed by atoms with van der Waals surface area (Å²) in [6.07, 6.45) is 6.05. The molecule has 0 radical (unpaired) electrons. The van der Waals surface area contributed by atoms with Gasteiger partial charge in [-0.15, -0.1) is 0 Å². The lowest BCUT2D eigenvalue weighted by molar-refractivity contribution is -0.122. The third kappa shape index (κ3) is 6.39. The second-order valence-electron chi connectivity index (χ2n) is 12.5. The first-order valence-electron chi connectivity index (χ1n) is 16.3. The molecule has 0 unspecified atom stereocenters. The number of imide groups is 1. The maximum absolute atomic E-state index is 14.1. The standard InChI is InChI=1S/C37H40BFN2O5/c1-3-8-23(19-24-11-17-32(42)31(39)20-24)12-18-33-34-25(4-2)21-29-35(30(34)22-38(45)46-33)37(44)41(36(29)43)28-15-13-27(14-16-28)40-26-9-6-5-7-10-26/h5-7,9-11,13-17,19-20,29-30,33,35,40,42,45H,3-4,8,12,18,21-22H2,1-2H3/b23-19+/t29-,30+,33-,35-/m1/s1. The molecule has 1 aliphatic carbocycles. The minimum atomic E-state index is -1.04. The highest BCUT2D eigenvalue weighted by Gasteiger charge is 2.57. The van der Waals surface area contributed by atoms with E-state index in [1.54, 1.807) is 18.2 Å². The number of carbonyl (C=O) groups excluding carboxylic acids is 2. The van der Waals surface area contributed by atoms with Crippen molar-refractivity contribution < 1.29 is 28.8 Å². The molecule has 3 aliphatic rings.